The second kappa shape index (κ2) is 11.1. The molecule has 0 saturated carbocycles. The van der Waals surface area contributed by atoms with E-state index in [1.165, 1.54) is 22.6 Å². The van der Waals surface area contributed by atoms with Crippen LogP contribution in [0, 0.1) is 0 Å². The fraction of sp³-hybridized carbons (Fsp3) is 0.355. The van der Waals surface area contributed by atoms with Gasteiger partial charge in [-0.3, -0.25) is 9.59 Å². The van der Waals surface area contributed by atoms with E-state index < -0.39 is 29.2 Å². The Morgan fingerprint density at radius 3 is 2.38 bits per heavy atom. The van der Waals surface area contributed by atoms with E-state index in [2.05, 4.69) is 38.1 Å². The van der Waals surface area contributed by atoms with Gasteiger partial charge in [-0.15, -0.1) is 0 Å². The van der Waals surface area contributed by atoms with Gasteiger partial charge in [-0.2, -0.15) is 13.2 Å². The van der Waals surface area contributed by atoms with E-state index in [1.807, 2.05) is 6.92 Å². The number of benzene rings is 3. The lowest BCUT2D eigenvalue weighted by atomic mass is 9.90. The van der Waals surface area contributed by atoms with Crippen molar-refractivity contribution in [2.45, 2.75) is 64.3 Å². The van der Waals surface area contributed by atoms with E-state index >= 15 is 0 Å². The van der Waals surface area contributed by atoms with E-state index in [0.29, 0.717) is 30.1 Å². The summed E-state index contributed by atoms with van der Waals surface area (Å²) in [6.07, 6.45) is -3.58. The molecule has 0 bridgehead atoms. The molecule has 0 fully saturated rings. The lowest BCUT2D eigenvalue weighted by Gasteiger charge is -2.24. The van der Waals surface area contributed by atoms with Crippen LogP contribution < -0.4 is 4.74 Å². The zero-order valence-corrected chi connectivity index (χ0v) is 22.2. The molecule has 1 aliphatic rings. The third kappa shape index (κ3) is 6.99. The van der Waals surface area contributed by atoms with Gasteiger partial charge in [0.2, 0.25) is 0 Å². The largest absolute Gasteiger partial charge is 0.487 e. The van der Waals surface area contributed by atoms with E-state index in [9.17, 15) is 27.9 Å². The van der Waals surface area contributed by atoms with Gasteiger partial charge < -0.3 is 14.7 Å². The number of carboxylic acids is 1. The molecular weight excluding hydrogens is 507 g/mol. The Hall–Kier alpha value is -3.81. The number of alkyl halides is 3. The van der Waals surface area contributed by atoms with Crippen molar-refractivity contribution in [1.29, 1.82) is 0 Å². The van der Waals surface area contributed by atoms with Crippen molar-refractivity contribution in [1.82, 2.24) is 4.90 Å². The monoisotopic (exact) mass is 539 g/mol. The van der Waals surface area contributed by atoms with Gasteiger partial charge in [0.15, 0.2) is 0 Å². The van der Waals surface area contributed by atoms with Crippen LogP contribution in [0.15, 0.2) is 66.7 Å². The second-order valence-electron chi connectivity index (χ2n) is 10.7. The summed E-state index contributed by atoms with van der Waals surface area (Å²) in [4.78, 5) is 26.0. The van der Waals surface area contributed by atoms with Crippen molar-refractivity contribution >= 4 is 11.9 Å². The average molecular weight is 540 g/mol. The van der Waals surface area contributed by atoms with Crippen LogP contribution in [0.3, 0.4) is 0 Å². The highest BCUT2D eigenvalue weighted by Crippen LogP contribution is 2.38. The number of aliphatic carboxylic acids is 1. The van der Waals surface area contributed by atoms with Crippen LogP contribution in [0.4, 0.5) is 13.2 Å². The second-order valence-corrected chi connectivity index (χ2v) is 10.7. The van der Waals surface area contributed by atoms with Gasteiger partial charge in [0.1, 0.15) is 11.4 Å². The number of rotatable bonds is 9. The Labute approximate surface area is 226 Å². The zero-order valence-electron chi connectivity index (χ0n) is 22.2. The van der Waals surface area contributed by atoms with Crippen LogP contribution in [0.5, 0.6) is 5.75 Å². The molecule has 0 radical (unpaired) electrons. The van der Waals surface area contributed by atoms with Gasteiger partial charge >= 0.3 is 12.1 Å². The summed E-state index contributed by atoms with van der Waals surface area (Å²) in [6, 6.07) is 18.3. The van der Waals surface area contributed by atoms with Crippen molar-refractivity contribution in [3.63, 3.8) is 0 Å². The molecule has 3 aromatic carbocycles. The first-order chi connectivity index (χ1) is 18.3. The predicted molar refractivity (Wildman–Crippen MR) is 142 cm³/mol. The molecule has 1 aliphatic heterocycles. The Bertz CT molecular complexity index is 1350. The standard InChI is InChI=1S/C31H32F3NO4/c1-20(2)23-9-7-21(8-10-23)17-30(3)18-25-16-24(11-12-27(25)39-30)29(38)35(14-13-28(36)37)19-22-5-4-6-26(15-22)31(32,33)34/h4-12,15-16,20H,13-14,17-19H2,1-3H3,(H,36,37)/t30-/m1/s1. The zero-order chi connectivity index (χ0) is 28.4. The molecule has 1 heterocycles. The summed E-state index contributed by atoms with van der Waals surface area (Å²) in [5.74, 6) is -0.422. The summed E-state index contributed by atoms with van der Waals surface area (Å²) >= 11 is 0. The van der Waals surface area contributed by atoms with Crippen molar-refractivity contribution in [2.24, 2.45) is 0 Å². The molecule has 4 rings (SSSR count). The summed E-state index contributed by atoms with van der Waals surface area (Å²) in [6.45, 7) is 6.04. The average Bonchev–Trinajstić information content (AvgIpc) is 3.20. The van der Waals surface area contributed by atoms with Crippen molar-refractivity contribution < 1.29 is 32.6 Å². The minimum Gasteiger partial charge on any atom is -0.487 e. The van der Waals surface area contributed by atoms with Gasteiger partial charge in [-0.1, -0.05) is 50.2 Å². The first-order valence-corrected chi connectivity index (χ1v) is 12.9. The van der Waals surface area contributed by atoms with E-state index in [4.69, 9.17) is 4.74 Å². The first-order valence-electron chi connectivity index (χ1n) is 12.9. The van der Waals surface area contributed by atoms with Gasteiger partial charge in [-0.05, 0) is 65.4 Å². The quantitative estimate of drug-likeness (QED) is 0.322. The highest BCUT2D eigenvalue weighted by atomic mass is 19.4. The topological polar surface area (TPSA) is 66.8 Å². The molecule has 0 aromatic heterocycles. The fourth-order valence-corrected chi connectivity index (χ4v) is 4.94. The molecule has 5 nitrogen and oxygen atoms in total. The maximum atomic E-state index is 13.5. The maximum absolute atomic E-state index is 13.5. The van der Waals surface area contributed by atoms with Gasteiger partial charge in [0.05, 0.1) is 12.0 Å². The number of carboxylic acid groups (broad SMARTS) is 1. The number of carbonyl (C=O) groups is 2. The highest BCUT2D eigenvalue weighted by Gasteiger charge is 2.36. The Morgan fingerprint density at radius 2 is 1.74 bits per heavy atom. The summed E-state index contributed by atoms with van der Waals surface area (Å²) in [5, 5.41) is 9.18. The van der Waals surface area contributed by atoms with Crippen LogP contribution in [-0.4, -0.2) is 34.0 Å². The summed E-state index contributed by atoms with van der Waals surface area (Å²) < 4.78 is 45.9. The third-order valence-electron chi connectivity index (χ3n) is 6.96. The van der Waals surface area contributed by atoms with Crippen molar-refractivity contribution in [3.8, 4) is 5.75 Å². The summed E-state index contributed by atoms with van der Waals surface area (Å²) in [7, 11) is 0. The van der Waals surface area contributed by atoms with Crippen LogP contribution >= 0.6 is 0 Å². The SMILES string of the molecule is CC(C)c1ccc(C[C@]2(C)Cc3cc(C(=O)N(CCC(=O)O)Cc4cccc(C(F)(F)F)c4)ccc3O2)cc1. The summed E-state index contributed by atoms with van der Waals surface area (Å²) in [5.41, 5.74) is 2.55. The van der Waals surface area contributed by atoms with E-state index in [1.54, 1.807) is 18.2 Å². The van der Waals surface area contributed by atoms with Gasteiger partial charge in [0.25, 0.3) is 5.91 Å². The van der Waals surface area contributed by atoms with Crippen LogP contribution in [0.2, 0.25) is 0 Å². The van der Waals surface area contributed by atoms with Crippen LogP contribution in [-0.2, 0) is 30.4 Å². The molecule has 1 atom stereocenters. The van der Waals surface area contributed by atoms with Crippen molar-refractivity contribution in [2.75, 3.05) is 6.54 Å². The number of halogens is 3. The third-order valence-corrected chi connectivity index (χ3v) is 6.96. The number of fused-ring (bicyclic) bond motifs is 1. The number of hydrogen-bond donors (Lipinski definition) is 1. The molecule has 1 amide bonds. The number of amides is 1. The predicted octanol–water partition coefficient (Wildman–Crippen LogP) is 6.88. The molecule has 39 heavy (non-hydrogen) atoms. The van der Waals surface area contributed by atoms with E-state index in [0.717, 1.165) is 23.3 Å². The lowest BCUT2D eigenvalue weighted by Crippen LogP contribution is -2.33. The minimum atomic E-state index is -4.52. The van der Waals surface area contributed by atoms with Gasteiger partial charge in [-0.25, -0.2) is 0 Å². The minimum absolute atomic E-state index is 0.137. The molecule has 3 aromatic rings. The number of ether oxygens (including phenoxy) is 1. The number of hydrogen-bond acceptors (Lipinski definition) is 3. The molecule has 0 spiro atoms. The molecular formula is C31H32F3NO4. The lowest BCUT2D eigenvalue weighted by molar-refractivity contribution is -0.138. The normalized spacial score (nSPS) is 16.6. The molecule has 0 unspecified atom stereocenters. The highest BCUT2D eigenvalue weighted by molar-refractivity contribution is 5.95. The number of carbonyl (C=O) groups excluding carboxylic acids is 1. The molecule has 206 valence electrons. The molecule has 0 saturated heterocycles. The molecule has 1 N–H and O–H groups in total. The van der Waals surface area contributed by atoms with Crippen LogP contribution in [0.25, 0.3) is 0 Å². The first kappa shape index (κ1) is 28.2. The van der Waals surface area contributed by atoms with Gasteiger partial charge in [0, 0.05) is 31.5 Å². The Morgan fingerprint density at radius 1 is 1.03 bits per heavy atom. The molecule has 0 aliphatic carbocycles. The smallest absolute Gasteiger partial charge is 0.416 e. The Balaban J connectivity index is 1.52. The van der Waals surface area contributed by atoms with Crippen molar-refractivity contribution in [3.05, 3.63) is 100 Å². The Kier molecular flexibility index (Phi) is 8.04. The number of nitrogens with zero attached hydrogens (tertiary/aromatic N) is 1. The molecule has 8 heteroatoms. The van der Waals surface area contributed by atoms with E-state index in [-0.39, 0.29) is 25.1 Å². The fourth-order valence-electron chi connectivity index (χ4n) is 4.94. The van der Waals surface area contributed by atoms with Crippen LogP contribution in [0.1, 0.15) is 71.3 Å². The maximum Gasteiger partial charge on any atom is 0.416 e.